The van der Waals surface area contributed by atoms with Crippen molar-refractivity contribution < 1.29 is 27.9 Å². The molecule has 6 nitrogen and oxygen atoms in total. The SMILES string of the molecule is N[C@H](Cc1cc(F)c(F)cc1F)[C@@H]1C[C@H]2CC[C@@H](C1)N2C(=O)CC(=O)N[C@H]1CC[C@H](O)CC1. The zero-order valence-electron chi connectivity index (χ0n) is 18.6. The first-order valence-electron chi connectivity index (χ1n) is 11.9. The fraction of sp³-hybridized carbons (Fsp3) is 0.667. The largest absolute Gasteiger partial charge is 0.393 e. The van der Waals surface area contributed by atoms with Crippen LogP contribution in [0, 0.1) is 23.4 Å². The lowest BCUT2D eigenvalue weighted by Crippen LogP contribution is -2.51. The fourth-order valence-electron chi connectivity index (χ4n) is 5.84. The van der Waals surface area contributed by atoms with Crippen LogP contribution in [0.2, 0.25) is 0 Å². The first kappa shape index (κ1) is 24.0. The van der Waals surface area contributed by atoms with E-state index in [4.69, 9.17) is 5.73 Å². The molecule has 0 aromatic heterocycles. The number of hydrogen-bond acceptors (Lipinski definition) is 4. The predicted molar refractivity (Wildman–Crippen MR) is 115 cm³/mol. The van der Waals surface area contributed by atoms with Crippen LogP contribution in [0.1, 0.15) is 63.4 Å². The lowest BCUT2D eigenvalue weighted by Gasteiger charge is -2.41. The Balaban J connectivity index is 1.31. The van der Waals surface area contributed by atoms with Crippen molar-refractivity contribution >= 4 is 11.8 Å². The van der Waals surface area contributed by atoms with E-state index in [1.807, 2.05) is 4.90 Å². The van der Waals surface area contributed by atoms with Gasteiger partial charge in [-0.1, -0.05) is 0 Å². The van der Waals surface area contributed by atoms with E-state index in [9.17, 15) is 27.9 Å². The van der Waals surface area contributed by atoms with Gasteiger partial charge in [-0.05, 0) is 75.3 Å². The van der Waals surface area contributed by atoms with Gasteiger partial charge in [0.25, 0.3) is 0 Å². The molecule has 1 aromatic rings. The van der Waals surface area contributed by atoms with Gasteiger partial charge in [0.2, 0.25) is 11.8 Å². The third kappa shape index (κ3) is 5.51. The molecule has 1 aromatic carbocycles. The molecule has 3 fully saturated rings. The summed E-state index contributed by atoms with van der Waals surface area (Å²) in [6.45, 7) is 0. The zero-order valence-corrected chi connectivity index (χ0v) is 18.6. The van der Waals surface area contributed by atoms with Crippen molar-refractivity contribution in [2.24, 2.45) is 11.7 Å². The van der Waals surface area contributed by atoms with Crippen LogP contribution in [0.4, 0.5) is 13.2 Å². The zero-order chi connectivity index (χ0) is 23.7. The molecule has 0 unspecified atom stereocenters. The number of nitrogens with two attached hydrogens (primary N) is 1. The van der Waals surface area contributed by atoms with Crippen LogP contribution >= 0.6 is 0 Å². The number of aliphatic hydroxyl groups excluding tert-OH is 1. The third-order valence-electron chi connectivity index (χ3n) is 7.58. The highest BCUT2D eigenvalue weighted by molar-refractivity contribution is 5.97. The molecule has 9 heteroatoms. The van der Waals surface area contributed by atoms with Gasteiger partial charge in [0.1, 0.15) is 12.2 Å². The highest BCUT2D eigenvalue weighted by Crippen LogP contribution is 2.40. The molecule has 0 radical (unpaired) electrons. The van der Waals surface area contributed by atoms with E-state index in [1.54, 1.807) is 0 Å². The predicted octanol–water partition coefficient (Wildman–Crippen LogP) is 2.55. The molecular weight excluding hydrogens is 435 g/mol. The van der Waals surface area contributed by atoms with E-state index in [1.165, 1.54) is 0 Å². The molecular formula is C24H32F3N3O3. The number of nitrogens with zero attached hydrogens (tertiary/aromatic N) is 1. The summed E-state index contributed by atoms with van der Waals surface area (Å²) in [5.41, 5.74) is 6.39. The average molecular weight is 468 g/mol. The van der Waals surface area contributed by atoms with Crippen LogP contribution < -0.4 is 11.1 Å². The number of rotatable bonds is 6. The summed E-state index contributed by atoms with van der Waals surface area (Å²) in [4.78, 5) is 27.1. The molecule has 4 N–H and O–H groups in total. The van der Waals surface area contributed by atoms with E-state index in [2.05, 4.69) is 5.32 Å². The van der Waals surface area contributed by atoms with Gasteiger partial charge in [0.05, 0.1) is 6.10 Å². The van der Waals surface area contributed by atoms with E-state index in [0.29, 0.717) is 44.6 Å². The minimum atomic E-state index is -1.22. The number of piperidine rings is 1. The van der Waals surface area contributed by atoms with Crippen LogP contribution in [-0.2, 0) is 16.0 Å². The van der Waals surface area contributed by atoms with Gasteiger partial charge in [0, 0.05) is 30.2 Å². The summed E-state index contributed by atoms with van der Waals surface area (Å²) in [5.74, 6) is -3.57. The molecule has 1 aliphatic carbocycles. The number of benzene rings is 1. The second kappa shape index (κ2) is 10.0. The molecule has 1 saturated carbocycles. The molecule has 3 aliphatic rings. The smallest absolute Gasteiger partial charge is 0.232 e. The van der Waals surface area contributed by atoms with Gasteiger partial charge in [-0.25, -0.2) is 13.2 Å². The summed E-state index contributed by atoms with van der Waals surface area (Å²) < 4.78 is 40.8. The van der Waals surface area contributed by atoms with Crippen molar-refractivity contribution in [3.8, 4) is 0 Å². The first-order chi connectivity index (χ1) is 15.7. The van der Waals surface area contributed by atoms with E-state index >= 15 is 0 Å². The monoisotopic (exact) mass is 467 g/mol. The molecule has 0 spiro atoms. The highest BCUT2D eigenvalue weighted by atomic mass is 19.2. The van der Waals surface area contributed by atoms with E-state index in [-0.39, 0.29) is 60.4 Å². The Morgan fingerprint density at radius 2 is 1.61 bits per heavy atom. The Morgan fingerprint density at radius 1 is 1.00 bits per heavy atom. The van der Waals surface area contributed by atoms with Crippen molar-refractivity contribution in [3.05, 3.63) is 35.1 Å². The summed E-state index contributed by atoms with van der Waals surface area (Å²) >= 11 is 0. The lowest BCUT2D eigenvalue weighted by molar-refractivity contribution is -0.140. The van der Waals surface area contributed by atoms with Crippen molar-refractivity contribution in [3.63, 3.8) is 0 Å². The van der Waals surface area contributed by atoms with Gasteiger partial charge in [-0.2, -0.15) is 0 Å². The molecule has 2 saturated heterocycles. The van der Waals surface area contributed by atoms with Crippen LogP contribution in [0.3, 0.4) is 0 Å². The third-order valence-corrected chi connectivity index (χ3v) is 7.58. The number of fused-ring (bicyclic) bond motifs is 2. The Kier molecular flexibility index (Phi) is 7.28. The highest BCUT2D eigenvalue weighted by Gasteiger charge is 2.44. The van der Waals surface area contributed by atoms with Gasteiger partial charge in [-0.3, -0.25) is 9.59 Å². The first-order valence-corrected chi connectivity index (χ1v) is 11.9. The maximum Gasteiger partial charge on any atom is 0.232 e. The van der Waals surface area contributed by atoms with Crippen LogP contribution in [0.15, 0.2) is 12.1 Å². The quantitative estimate of drug-likeness (QED) is 0.443. The molecule has 2 bridgehead atoms. The van der Waals surface area contributed by atoms with E-state index in [0.717, 1.165) is 18.9 Å². The van der Waals surface area contributed by atoms with Gasteiger partial charge < -0.3 is 21.1 Å². The molecule has 2 heterocycles. The van der Waals surface area contributed by atoms with Crippen LogP contribution in [-0.4, -0.2) is 52.1 Å². The number of aliphatic hydroxyl groups is 1. The Bertz CT molecular complexity index is 877. The van der Waals surface area contributed by atoms with Crippen molar-refractivity contribution in [2.75, 3.05) is 0 Å². The number of carbonyl (C=O) groups excluding carboxylic acids is 2. The molecule has 4 atom stereocenters. The Morgan fingerprint density at radius 3 is 2.24 bits per heavy atom. The van der Waals surface area contributed by atoms with Crippen molar-refractivity contribution in [1.82, 2.24) is 10.2 Å². The molecule has 33 heavy (non-hydrogen) atoms. The maximum absolute atomic E-state index is 14.0. The van der Waals surface area contributed by atoms with Crippen molar-refractivity contribution in [1.29, 1.82) is 0 Å². The van der Waals surface area contributed by atoms with Crippen LogP contribution in [0.25, 0.3) is 0 Å². The Hall–Kier alpha value is -2.13. The van der Waals surface area contributed by atoms with Gasteiger partial charge in [0.15, 0.2) is 11.6 Å². The number of amides is 2. The number of halogens is 3. The molecule has 2 amide bonds. The maximum atomic E-state index is 14.0. The van der Waals surface area contributed by atoms with E-state index < -0.39 is 23.5 Å². The van der Waals surface area contributed by atoms with Gasteiger partial charge >= 0.3 is 0 Å². The van der Waals surface area contributed by atoms with Gasteiger partial charge in [-0.15, -0.1) is 0 Å². The summed E-state index contributed by atoms with van der Waals surface area (Å²) in [5, 5.41) is 12.5. The number of nitrogens with one attached hydrogen (secondary N) is 1. The molecule has 4 rings (SSSR count). The fourth-order valence-corrected chi connectivity index (χ4v) is 5.84. The second-order valence-corrected chi connectivity index (χ2v) is 9.89. The number of carbonyl (C=O) groups is 2. The second-order valence-electron chi connectivity index (χ2n) is 9.89. The van der Waals surface area contributed by atoms with Crippen molar-refractivity contribution in [2.45, 2.75) is 94.5 Å². The normalized spacial score (nSPS) is 30.2. The molecule has 2 aliphatic heterocycles. The Labute approximate surface area is 191 Å². The topological polar surface area (TPSA) is 95.7 Å². The van der Waals surface area contributed by atoms with Crippen LogP contribution in [0.5, 0.6) is 0 Å². The summed E-state index contributed by atoms with van der Waals surface area (Å²) in [7, 11) is 0. The number of hydrogen-bond donors (Lipinski definition) is 3. The standard InChI is InChI=1S/C24H32F3N3O3/c25-19-11-21(27)20(26)9-13(19)10-22(28)14-7-16-3-4-17(8-14)30(16)24(33)12-23(32)29-15-1-5-18(31)6-2-15/h9,11,14-18,22,31H,1-8,10,12,28H2,(H,29,32)/t14-,15-,16-,17+,18-,22-/m1/s1. The average Bonchev–Trinajstić information content (AvgIpc) is 3.03. The lowest BCUT2D eigenvalue weighted by atomic mass is 9.82. The minimum absolute atomic E-state index is 0.00542. The minimum Gasteiger partial charge on any atom is -0.393 e. The summed E-state index contributed by atoms with van der Waals surface area (Å²) in [6.07, 6.45) is 5.32. The molecule has 182 valence electrons. The summed E-state index contributed by atoms with van der Waals surface area (Å²) in [6, 6.07) is 0.951.